The Balaban J connectivity index is 0.00000144. The minimum absolute atomic E-state index is 0. The molecular formula is C17H25ClN2OS. The van der Waals surface area contributed by atoms with Crippen LogP contribution in [0, 0.1) is 5.92 Å². The summed E-state index contributed by atoms with van der Waals surface area (Å²) in [6, 6.07) is 1.17. The van der Waals surface area contributed by atoms with Crippen LogP contribution in [0.4, 0.5) is 0 Å². The van der Waals surface area contributed by atoms with Crippen molar-refractivity contribution in [2.75, 3.05) is 13.1 Å². The molecule has 3 nitrogen and oxygen atoms in total. The monoisotopic (exact) mass is 340 g/mol. The number of fused-ring (bicyclic) bond motifs is 3. The van der Waals surface area contributed by atoms with Gasteiger partial charge in [-0.05, 0) is 50.0 Å². The smallest absolute Gasteiger partial charge is 0.255 e. The molecule has 2 saturated heterocycles. The van der Waals surface area contributed by atoms with Crippen LogP contribution < -0.4 is 5.32 Å². The maximum atomic E-state index is 12.9. The van der Waals surface area contributed by atoms with Gasteiger partial charge in [-0.2, -0.15) is 0 Å². The number of nitrogens with zero attached hydrogens (tertiary/aromatic N) is 1. The molecule has 1 N–H and O–H groups in total. The van der Waals surface area contributed by atoms with E-state index < -0.39 is 0 Å². The van der Waals surface area contributed by atoms with E-state index in [-0.39, 0.29) is 18.3 Å². The van der Waals surface area contributed by atoms with E-state index in [0.29, 0.717) is 12.1 Å². The zero-order chi connectivity index (χ0) is 14.4. The fourth-order valence-electron chi connectivity index (χ4n) is 4.15. The second-order valence-corrected chi connectivity index (χ2v) is 8.04. The normalized spacial score (nSPS) is 30.4. The fraction of sp³-hybridized carbons (Fsp3) is 0.706. The molecule has 0 saturated carbocycles. The van der Waals surface area contributed by atoms with Crippen molar-refractivity contribution in [2.24, 2.45) is 5.92 Å². The molecular weight excluding hydrogens is 316 g/mol. The molecule has 2 bridgehead atoms. The summed E-state index contributed by atoms with van der Waals surface area (Å²) in [6.45, 7) is 4.14. The number of amides is 1. The largest absolute Gasteiger partial charge is 0.337 e. The van der Waals surface area contributed by atoms with Crippen molar-refractivity contribution in [1.82, 2.24) is 10.2 Å². The molecule has 5 heteroatoms. The second kappa shape index (κ2) is 6.50. The number of nitrogens with one attached hydrogen (secondary N) is 1. The molecule has 1 aliphatic carbocycles. The number of hydrogen-bond acceptors (Lipinski definition) is 3. The molecule has 22 heavy (non-hydrogen) atoms. The molecule has 3 unspecified atom stereocenters. The number of rotatable bonds is 1. The minimum atomic E-state index is 0. The van der Waals surface area contributed by atoms with E-state index in [0.717, 1.165) is 37.4 Å². The third-order valence-electron chi connectivity index (χ3n) is 5.44. The summed E-state index contributed by atoms with van der Waals surface area (Å²) < 4.78 is 0. The van der Waals surface area contributed by atoms with Crippen molar-refractivity contribution in [1.29, 1.82) is 0 Å². The van der Waals surface area contributed by atoms with Crippen molar-refractivity contribution in [2.45, 2.75) is 57.5 Å². The zero-order valence-electron chi connectivity index (χ0n) is 13.1. The molecule has 0 spiro atoms. The Morgan fingerprint density at radius 1 is 1.27 bits per heavy atom. The Hall–Kier alpha value is -0.580. The van der Waals surface area contributed by atoms with Gasteiger partial charge in [0.25, 0.3) is 5.91 Å². The predicted molar refractivity (Wildman–Crippen MR) is 93.2 cm³/mol. The minimum Gasteiger partial charge on any atom is -0.337 e. The van der Waals surface area contributed by atoms with Gasteiger partial charge in [-0.15, -0.1) is 23.7 Å². The van der Waals surface area contributed by atoms with Gasteiger partial charge in [-0.3, -0.25) is 4.79 Å². The van der Waals surface area contributed by atoms with Gasteiger partial charge in [-0.1, -0.05) is 6.92 Å². The van der Waals surface area contributed by atoms with Crippen molar-refractivity contribution < 1.29 is 4.79 Å². The predicted octanol–water partition coefficient (Wildman–Crippen LogP) is 3.26. The van der Waals surface area contributed by atoms with Gasteiger partial charge in [0.05, 0.1) is 5.56 Å². The lowest BCUT2D eigenvalue weighted by Crippen LogP contribution is -2.39. The van der Waals surface area contributed by atoms with E-state index in [1.54, 1.807) is 11.3 Å². The number of thiophene rings is 1. The van der Waals surface area contributed by atoms with Crippen molar-refractivity contribution in [3.8, 4) is 0 Å². The summed E-state index contributed by atoms with van der Waals surface area (Å²) >= 11 is 1.81. The van der Waals surface area contributed by atoms with E-state index >= 15 is 0 Å². The molecule has 0 aromatic carbocycles. The van der Waals surface area contributed by atoms with Crippen molar-refractivity contribution >= 4 is 29.7 Å². The summed E-state index contributed by atoms with van der Waals surface area (Å²) in [6.07, 6.45) is 7.13. The van der Waals surface area contributed by atoms with E-state index in [1.807, 2.05) is 0 Å². The highest BCUT2D eigenvalue weighted by Crippen LogP contribution is 2.34. The van der Waals surface area contributed by atoms with Gasteiger partial charge >= 0.3 is 0 Å². The Bertz CT molecular complexity index is 559. The fourth-order valence-corrected chi connectivity index (χ4v) is 5.39. The standard InChI is InChI=1S/C17H24N2OS.ClH/c1-11-2-5-14-15(10-21-16(14)8-11)17(20)19-7-6-12-3-4-13(9-19)18-12;/h10-13,18H,2-9H2,1H3;1H. The lowest BCUT2D eigenvalue weighted by atomic mass is 9.88. The molecule has 0 radical (unpaired) electrons. The number of carbonyl (C=O) groups excluding carboxylic acids is 1. The Morgan fingerprint density at radius 2 is 2.09 bits per heavy atom. The first-order valence-corrected chi connectivity index (χ1v) is 9.23. The SMILES string of the molecule is CC1CCc2c(C(=O)N3CCC4CCC(C3)N4)csc2C1.Cl. The Labute approximate surface area is 142 Å². The van der Waals surface area contributed by atoms with Gasteiger partial charge in [0.15, 0.2) is 0 Å². The van der Waals surface area contributed by atoms with Crippen LogP contribution in [-0.2, 0) is 12.8 Å². The van der Waals surface area contributed by atoms with Crippen molar-refractivity contribution in [3.05, 3.63) is 21.4 Å². The molecule has 2 aliphatic heterocycles. The quantitative estimate of drug-likeness (QED) is 0.851. The third kappa shape index (κ3) is 2.93. The van der Waals surface area contributed by atoms with Gasteiger partial charge in [-0.25, -0.2) is 0 Å². The number of carbonyl (C=O) groups is 1. The zero-order valence-corrected chi connectivity index (χ0v) is 14.8. The summed E-state index contributed by atoms with van der Waals surface area (Å²) in [5.74, 6) is 1.06. The topological polar surface area (TPSA) is 32.3 Å². The highest BCUT2D eigenvalue weighted by Gasteiger charge is 2.33. The van der Waals surface area contributed by atoms with Crippen LogP contribution >= 0.6 is 23.7 Å². The molecule has 122 valence electrons. The summed E-state index contributed by atoms with van der Waals surface area (Å²) in [7, 11) is 0. The maximum Gasteiger partial charge on any atom is 0.255 e. The van der Waals surface area contributed by atoms with Gasteiger partial charge in [0.2, 0.25) is 0 Å². The Morgan fingerprint density at radius 3 is 2.95 bits per heavy atom. The summed E-state index contributed by atoms with van der Waals surface area (Å²) in [4.78, 5) is 16.5. The average Bonchev–Trinajstić information content (AvgIpc) is 3.01. The summed E-state index contributed by atoms with van der Waals surface area (Å²) in [5.41, 5.74) is 2.38. The summed E-state index contributed by atoms with van der Waals surface area (Å²) in [5, 5.41) is 5.79. The number of halogens is 1. The van der Waals surface area contributed by atoms with Crippen LogP contribution in [0.5, 0.6) is 0 Å². The lowest BCUT2D eigenvalue weighted by molar-refractivity contribution is 0.0747. The first-order valence-electron chi connectivity index (χ1n) is 8.35. The van der Waals surface area contributed by atoms with Crippen LogP contribution in [0.3, 0.4) is 0 Å². The van der Waals surface area contributed by atoms with E-state index in [2.05, 4.69) is 22.5 Å². The molecule has 1 aromatic heterocycles. The van der Waals surface area contributed by atoms with Gasteiger partial charge < -0.3 is 10.2 Å². The van der Waals surface area contributed by atoms with Crippen LogP contribution in [0.1, 0.15) is 53.4 Å². The molecule has 1 amide bonds. The maximum absolute atomic E-state index is 12.9. The lowest BCUT2D eigenvalue weighted by Gasteiger charge is -2.25. The van der Waals surface area contributed by atoms with Gasteiger partial charge in [0.1, 0.15) is 0 Å². The van der Waals surface area contributed by atoms with Crippen LogP contribution in [-0.4, -0.2) is 36.0 Å². The highest BCUT2D eigenvalue weighted by molar-refractivity contribution is 7.10. The molecule has 2 fully saturated rings. The van der Waals surface area contributed by atoms with E-state index in [9.17, 15) is 4.79 Å². The van der Waals surface area contributed by atoms with E-state index in [4.69, 9.17) is 0 Å². The molecule has 4 rings (SSSR count). The molecule has 3 atom stereocenters. The molecule has 3 heterocycles. The molecule has 1 aromatic rings. The van der Waals surface area contributed by atoms with Crippen LogP contribution in [0.2, 0.25) is 0 Å². The third-order valence-corrected chi connectivity index (χ3v) is 6.49. The second-order valence-electron chi connectivity index (χ2n) is 7.08. The van der Waals surface area contributed by atoms with Gasteiger partial charge in [0, 0.05) is 35.4 Å². The first-order chi connectivity index (χ1) is 10.2. The number of likely N-dealkylation sites (tertiary alicyclic amines) is 1. The van der Waals surface area contributed by atoms with Crippen LogP contribution in [0.15, 0.2) is 5.38 Å². The Kier molecular flexibility index (Phi) is 4.81. The average molecular weight is 341 g/mol. The van der Waals surface area contributed by atoms with Crippen LogP contribution in [0.25, 0.3) is 0 Å². The highest BCUT2D eigenvalue weighted by atomic mass is 35.5. The molecule has 3 aliphatic rings. The number of hydrogen-bond donors (Lipinski definition) is 1. The van der Waals surface area contributed by atoms with Crippen molar-refractivity contribution in [3.63, 3.8) is 0 Å². The van der Waals surface area contributed by atoms with E-state index in [1.165, 1.54) is 36.1 Å². The first kappa shape index (κ1) is 16.3.